The molecule has 0 N–H and O–H groups in total. The fraction of sp³-hybridized carbons (Fsp3) is 0.100. The van der Waals surface area contributed by atoms with E-state index in [9.17, 15) is 14.9 Å². The molecule has 4 rings (SSSR count). The summed E-state index contributed by atoms with van der Waals surface area (Å²) in [5, 5.41) is 9.92. The van der Waals surface area contributed by atoms with Gasteiger partial charge in [0.15, 0.2) is 5.69 Å². The molecule has 0 saturated carbocycles. The highest BCUT2D eigenvalue weighted by molar-refractivity contribution is 5.84. The first-order valence-electron chi connectivity index (χ1n) is 14.6. The van der Waals surface area contributed by atoms with Crippen molar-refractivity contribution in [2.45, 2.75) is 0 Å². The summed E-state index contributed by atoms with van der Waals surface area (Å²) in [6.07, 6.45) is 2.19. The van der Waals surface area contributed by atoms with Gasteiger partial charge in [0.05, 0.1) is 18.2 Å². The van der Waals surface area contributed by atoms with Crippen LogP contribution in [0.15, 0.2) is 110 Å². The maximum Gasteiger partial charge on any atom is 0.330 e. The largest absolute Gasteiger partial charge is 0.490 e. The van der Waals surface area contributed by atoms with Gasteiger partial charge in [-0.1, -0.05) is 49.0 Å². The smallest absolute Gasteiger partial charge is 0.330 e. The highest BCUT2D eigenvalue weighted by atomic mass is 16.6. The van der Waals surface area contributed by atoms with Gasteiger partial charge >= 0.3 is 11.9 Å². The van der Waals surface area contributed by atoms with Crippen molar-refractivity contribution in [3.8, 4) is 52.4 Å². The Morgan fingerprint density at radius 3 is 1.54 bits per heavy atom. The minimum atomic E-state index is -0.501. The van der Waals surface area contributed by atoms with Crippen molar-refractivity contribution in [2.75, 3.05) is 26.4 Å². The van der Waals surface area contributed by atoms with Crippen LogP contribution in [-0.2, 0) is 19.1 Å². The van der Waals surface area contributed by atoms with Crippen LogP contribution < -0.4 is 9.47 Å². The number of hydrogen-bond donors (Lipinski definition) is 0. The second-order valence-electron chi connectivity index (χ2n) is 9.70. The van der Waals surface area contributed by atoms with Crippen LogP contribution in [0.1, 0.15) is 27.8 Å². The molecule has 0 atom stereocenters. The Balaban J connectivity index is 1.41. The number of nitrogens with zero attached hydrogens (tertiary/aromatic N) is 2. The zero-order chi connectivity index (χ0) is 34.1. The Morgan fingerprint density at radius 2 is 1.08 bits per heavy atom. The van der Waals surface area contributed by atoms with Gasteiger partial charge in [-0.05, 0) is 83.9 Å². The van der Waals surface area contributed by atoms with Gasteiger partial charge in [-0.25, -0.2) is 14.4 Å². The summed E-state index contributed by atoms with van der Waals surface area (Å²) in [5.41, 5.74) is 4.84. The lowest BCUT2D eigenvalue weighted by atomic mass is 9.96. The van der Waals surface area contributed by atoms with Crippen LogP contribution in [0.5, 0.6) is 11.5 Å². The molecule has 0 spiro atoms. The lowest BCUT2D eigenvalue weighted by Crippen LogP contribution is -2.10. The molecule has 0 amide bonds. The van der Waals surface area contributed by atoms with Gasteiger partial charge in [-0.2, -0.15) is 5.26 Å². The van der Waals surface area contributed by atoms with E-state index in [0.29, 0.717) is 45.0 Å². The number of rotatable bonds is 11. The van der Waals surface area contributed by atoms with Crippen LogP contribution in [0.2, 0.25) is 0 Å². The van der Waals surface area contributed by atoms with E-state index in [0.717, 1.165) is 23.3 Å². The van der Waals surface area contributed by atoms with Gasteiger partial charge < -0.3 is 18.9 Å². The average Bonchev–Trinajstić information content (AvgIpc) is 3.13. The Morgan fingerprint density at radius 1 is 0.646 bits per heavy atom. The molecular formula is C40H28N2O6. The number of hydrogen-bond acceptors (Lipinski definition) is 7. The molecule has 8 heteroatoms. The summed E-state index contributed by atoms with van der Waals surface area (Å²) in [6.45, 7) is 15.1. The van der Waals surface area contributed by atoms with Crippen molar-refractivity contribution in [1.82, 2.24) is 0 Å². The van der Waals surface area contributed by atoms with Crippen molar-refractivity contribution in [3.05, 3.63) is 149 Å². The third kappa shape index (κ3) is 10.0. The molecule has 0 saturated heterocycles. The number of esters is 2. The van der Waals surface area contributed by atoms with E-state index in [-0.39, 0.29) is 26.4 Å². The molecule has 234 valence electrons. The number of carbonyl (C=O) groups is 2. The maximum absolute atomic E-state index is 11.1. The van der Waals surface area contributed by atoms with Crippen LogP contribution in [-0.4, -0.2) is 38.4 Å². The monoisotopic (exact) mass is 632 g/mol. The van der Waals surface area contributed by atoms with E-state index in [2.05, 4.69) is 47.8 Å². The standard InChI is InChI=1S/C40H28N2O6/c1-4-39(43)47-24-22-45-34-16-10-29(11-17-34)6-8-31-14-20-36(33(26-31)28-41)37-21-15-32(27-38(37)42-3)9-7-30-12-18-35(19-13-30)46-23-25-48-40(44)5-2/h4-5,10-21,26-27H,1-2,22-25H2. The topological polar surface area (TPSA) is 99.2 Å². The van der Waals surface area contributed by atoms with Gasteiger partial charge in [-0.3, -0.25) is 0 Å². The Bertz CT molecular complexity index is 1880. The molecule has 0 aliphatic heterocycles. The minimum absolute atomic E-state index is 0.118. The summed E-state index contributed by atoms with van der Waals surface area (Å²) < 4.78 is 20.9. The third-order valence-corrected chi connectivity index (χ3v) is 6.49. The molecule has 8 nitrogen and oxygen atoms in total. The maximum atomic E-state index is 11.1. The number of benzene rings is 4. The molecule has 0 bridgehead atoms. The molecule has 0 heterocycles. The van der Waals surface area contributed by atoms with Crippen molar-refractivity contribution in [1.29, 1.82) is 5.26 Å². The van der Waals surface area contributed by atoms with Crippen LogP contribution in [0, 0.1) is 41.6 Å². The molecule has 4 aromatic rings. The second-order valence-corrected chi connectivity index (χ2v) is 9.70. The number of carbonyl (C=O) groups excluding carboxylic acids is 2. The van der Waals surface area contributed by atoms with E-state index in [1.807, 2.05) is 36.4 Å². The highest BCUT2D eigenvalue weighted by Gasteiger charge is 2.11. The Kier molecular flexibility index (Phi) is 12.3. The summed E-state index contributed by atoms with van der Waals surface area (Å²) in [4.78, 5) is 25.9. The third-order valence-electron chi connectivity index (χ3n) is 6.49. The van der Waals surface area contributed by atoms with Crippen LogP contribution >= 0.6 is 0 Å². The predicted octanol–water partition coefficient (Wildman–Crippen LogP) is 6.79. The first-order chi connectivity index (χ1) is 23.4. The second kappa shape index (κ2) is 17.5. The van der Waals surface area contributed by atoms with Crippen LogP contribution in [0.4, 0.5) is 5.69 Å². The van der Waals surface area contributed by atoms with Crippen molar-refractivity contribution >= 4 is 17.6 Å². The Hall–Kier alpha value is -7.00. The van der Waals surface area contributed by atoms with Gasteiger partial charge in [0, 0.05) is 34.4 Å². The van der Waals surface area contributed by atoms with Crippen LogP contribution in [0.25, 0.3) is 16.0 Å². The minimum Gasteiger partial charge on any atom is -0.490 e. The summed E-state index contributed by atoms with van der Waals surface area (Å²) in [5.74, 6) is 12.6. The van der Waals surface area contributed by atoms with E-state index >= 15 is 0 Å². The van der Waals surface area contributed by atoms with E-state index in [1.54, 1.807) is 48.5 Å². The quantitative estimate of drug-likeness (QED) is 0.0590. The number of nitriles is 1. The fourth-order valence-corrected chi connectivity index (χ4v) is 4.16. The lowest BCUT2D eigenvalue weighted by molar-refractivity contribution is -0.139. The molecular weight excluding hydrogens is 604 g/mol. The summed E-state index contributed by atoms with van der Waals surface area (Å²) >= 11 is 0. The Labute approximate surface area is 279 Å². The SMILES string of the molecule is [C-]#[N+]c1cc(C#Cc2ccc(OCCOC(=O)C=C)cc2)ccc1-c1ccc(C#Cc2ccc(OCCOC(=O)C=C)cc2)cc1C#N. The molecule has 0 aliphatic rings. The highest BCUT2D eigenvalue weighted by Crippen LogP contribution is 2.34. The molecule has 0 aromatic heterocycles. The normalized spacial score (nSPS) is 9.54. The first-order valence-corrected chi connectivity index (χ1v) is 14.6. The first kappa shape index (κ1) is 33.9. The zero-order valence-corrected chi connectivity index (χ0v) is 25.8. The van der Waals surface area contributed by atoms with Crippen molar-refractivity contribution < 1.29 is 28.5 Å². The molecule has 0 aliphatic carbocycles. The van der Waals surface area contributed by atoms with E-state index in [4.69, 9.17) is 25.5 Å². The fourth-order valence-electron chi connectivity index (χ4n) is 4.16. The molecule has 4 aromatic carbocycles. The van der Waals surface area contributed by atoms with Gasteiger partial charge in [-0.15, -0.1) is 0 Å². The summed E-state index contributed by atoms with van der Waals surface area (Å²) in [7, 11) is 0. The zero-order valence-electron chi connectivity index (χ0n) is 25.8. The van der Waals surface area contributed by atoms with Crippen molar-refractivity contribution in [2.24, 2.45) is 0 Å². The van der Waals surface area contributed by atoms with Gasteiger partial charge in [0.1, 0.15) is 37.9 Å². The van der Waals surface area contributed by atoms with Crippen molar-refractivity contribution in [3.63, 3.8) is 0 Å². The van der Waals surface area contributed by atoms with Gasteiger partial charge in [0.25, 0.3) is 0 Å². The van der Waals surface area contributed by atoms with E-state index in [1.165, 1.54) is 0 Å². The molecule has 0 radical (unpaired) electrons. The predicted molar refractivity (Wildman–Crippen MR) is 181 cm³/mol. The average molecular weight is 633 g/mol. The molecule has 0 fully saturated rings. The van der Waals surface area contributed by atoms with Crippen LogP contribution in [0.3, 0.4) is 0 Å². The molecule has 48 heavy (non-hydrogen) atoms. The van der Waals surface area contributed by atoms with E-state index < -0.39 is 11.9 Å². The number of ether oxygens (including phenoxy) is 4. The molecule has 0 unspecified atom stereocenters. The van der Waals surface area contributed by atoms with Gasteiger partial charge in [0.2, 0.25) is 0 Å². The summed E-state index contributed by atoms with van der Waals surface area (Å²) in [6, 6.07) is 27.2. The lowest BCUT2D eigenvalue weighted by Gasteiger charge is -2.08.